The molecule has 3 saturated heterocycles. The summed E-state index contributed by atoms with van der Waals surface area (Å²) in [6.45, 7) is 5.64. The molecule has 0 saturated carbocycles. The van der Waals surface area contributed by atoms with Gasteiger partial charge >= 0.3 is 6.09 Å². The Morgan fingerprint density at radius 3 is 2.19 bits per heavy atom. The average molecular weight is 541 g/mol. The van der Waals surface area contributed by atoms with E-state index in [-0.39, 0.29) is 29.7 Å². The number of amides is 1. The van der Waals surface area contributed by atoms with Crippen LogP contribution in [0, 0.1) is 0 Å². The van der Waals surface area contributed by atoms with Crippen LogP contribution in [0.15, 0.2) is 29.2 Å². The average Bonchev–Trinajstić information content (AvgIpc) is 2.87. The van der Waals surface area contributed by atoms with Gasteiger partial charge in [-0.25, -0.2) is 13.2 Å². The van der Waals surface area contributed by atoms with Crippen LogP contribution in [-0.2, 0) is 14.8 Å². The summed E-state index contributed by atoms with van der Waals surface area (Å²) in [6.07, 6.45) is 6.31. The maximum Gasteiger partial charge on any atom is 0.409 e. The number of sulfonamides is 1. The van der Waals surface area contributed by atoms with Crippen LogP contribution in [0.5, 0.6) is 0 Å². The zero-order valence-electron chi connectivity index (χ0n) is 21.8. The summed E-state index contributed by atoms with van der Waals surface area (Å²) >= 11 is 5.96. The van der Waals surface area contributed by atoms with Crippen molar-refractivity contribution in [1.82, 2.24) is 19.0 Å². The molecule has 0 aromatic heterocycles. The van der Waals surface area contributed by atoms with Crippen molar-refractivity contribution in [2.75, 3.05) is 46.9 Å². The lowest BCUT2D eigenvalue weighted by Gasteiger charge is -2.43. The number of hydrogen-bond donors (Lipinski definition) is 0. The highest BCUT2D eigenvalue weighted by molar-refractivity contribution is 7.89. The van der Waals surface area contributed by atoms with Gasteiger partial charge in [-0.15, -0.1) is 0 Å². The van der Waals surface area contributed by atoms with E-state index in [4.69, 9.17) is 16.3 Å². The van der Waals surface area contributed by atoms with Gasteiger partial charge in [-0.3, -0.25) is 0 Å². The molecule has 0 N–H and O–H groups in total. The fraction of sp³-hybridized carbons (Fsp3) is 0.731. The molecule has 1 aromatic carbocycles. The molecule has 0 bridgehead atoms. The lowest BCUT2D eigenvalue weighted by molar-refractivity contribution is 0.0404. The van der Waals surface area contributed by atoms with Crippen molar-refractivity contribution in [3.05, 3.63) is 29.3 Å². The first-order chi connectivity index (χ1) is 17.2. The summed E-state index contributed by atoms with van der Waals surface area (Å²) in [5.74, 6) is 0. The molecule has 1 amide bonds. The van der Waals surface area contributed by atoms with Gasteiger partial charge < -0.3 is 19.4 Å². The maximum atomic E-state index is 13.4. The van der Waals surface area contributed by atoms with Crippen molar-refractivity contribution in [2.45, 2.75) is 80.9 Å². The zero-order valence-corrected chi connectivity index (χ0v) is 23.4. The molecule has 3 aliphatic rings. The Labute approximate surface area is 221 Å². The van der Waals surface area contributed by atoms with Crippen molar-refractivity contribution < 1.29 is 17.9 Å². The summed E-state index contributed by atoms with van der Waals surface area (Å²) in [4.78, 5) is 19.8. The van der Waals surface area contributed by atoms with Crippen LogP contribution in [0.1, 0.15) is 51.9 Å². The first-order valence-corrected chi connectivity index (χ1v) is 15.1. The van der Waals surface area contributed by atoms with E-state index in [1.54, 1.807) is 17.0 Å². The second kappa shape index (κ2) is 12.0. The molecular weight excluding hydrogens is 500 g/mol. The van der Waals surface area contributed by atoms with Crippen molar-refractivity contribution in [1.29, 1.82) is 0 Å². The fourth-order valence-corrected chi connectivity index (χ4v) is 7.98. The molecule has 36 heavy (non-hydrogen) atoms. The number of ether oxygens (including phenoxy) is 1. The standard InChI is InChI=1S/C26H41ClN4O4S/c1-20-5-4-6-24(31(20)36(33,34)25-9-7-21(27)8-10-25)19-35-26(32)30-17-13-23(14-18-30)29(3)22-11-15-28(2)16-12-22/h7-10,20,22-24H,4-6,11-19H2,1-3H3/t20-,24-/m1/s1. The quantitative estimate of drug-likeness (QED) is 0.545. The van der Waals surface area contributed by atoms with Crippen LogP contribution in [-0.4, -0.2) is 105 Å². The molecule has 1 aromatic rings. The number of carbonyl (C=O) groups is 1. The fourth-order valence-electron chi connectivity index (χ4n) is 6.00. The number of nitrogens with zero attached hydrogens (tertiary/aromatic N) is 4. The highest BCUT2D eigenvalue weighted by Crippen LogP contribution is 2.31. The first-order valence-electron chi connectivity index (χ1n) is 13.3. The number of halogens is 1. The Balaban J connectivity index is 1.31. The summed E-state index contributed by atoms with van der Waals surface area (Å²) in [5, 5.41) is 0.493. The van der Waals surface area contributed by atoms with Crippen LogP contribution in [0.2, 0.25) is 5.02 Å². The van der Waals surface area contributed by atoms with Crippen LogP contribution in [0.3, 0.4) is 0 Å². The summed E-state index contributed by atoms with van der Waals surface area (Å²) in [5.41, 5.74) is 0. The third-order valence-electron chi connectivity index (χ3n) is 8.30. The second-order valence-electron chi connectivity index (χ2n) is 10.7. The van der Waals surface area contributed by atoms with E-state index in [0.717, 1.165) is 38.8 Å². The third kappa shape index (κ3) is 6.35. The minimum Gasteiger partial charge on any atom is -0.448 e. The number of rotatable bonds is 6. The monoisotopic (exact) mass is 540 g/mol. The first kappa shape index (κ1) is 27.6. The maximum absolute atomic E-state index is 13.4. The normalized spacial score (nSPS) is 25.9. The van der Waals surface area contributed by atoms with E-state index in [2.05, 4.69) is 23.9 Å². The van der Waals surface area contributed by atoms with E-state index >= 15 is 0 Å². The summed E-state index contributed by atoms with van der Waals surface area (Å²) in [6, 6.07) is 6.83. The molecule has 0 aliphatic carbocycles. The Bertz CT molecular complexity index is 976. The van der Waals surface area contributed by atoms with E-state index in [1.165, 1.54) is 29.3 Å². The molecule has 10 heteroatoms. The molecular formula is C26H41ClN4O4S. The van der Waals surface area contributed by atoms with Crippen LogP contribution in [0.25, 0.3) is 0 Å². The molecule has 4 rings (SSSR count). The van der Waals surface area contributed by atoms with Gasteiger partial charge in [0, 0.05) is 36.2 Å². The predicted molar refractivity (Wildman–Crippen MR) is 142 cm³/mol. The lowest BCUT2D eigenvalue weighted by Crippen LogP contribution is -2.52. The van der Waals surface area contributed by atoms with Gasteiger partial charge in [-0.1, -0.05) is 18.0 Å². The van der Waals surface area contributed by atoms with Crippen molar-refractivity contribution in [3.8, 4) is 0 Å². The number of piperidine rings is 3. The van der Waals surface area contributed by atoms with Gasteiger partial charge in [0.2, 0.25) is 10.0 Å². The molecule has 0 unspecified atom stereocenters. The van der Waals surface area contributed by atoms with Gasteiger partial charge in [0.1, 0.15) is 6.61 Å². The number of likely N-dealkylation sites (tertiary alicyclic amines) is 2. The van der Waals surface area contributed by atoms with Crippen molar-refractivity contribution >= 4 is 27.7 Å². The minimum absolute atomic E-state index is 0.0748. The van der Waals surface area contributed by atoms with Crippen LogP contribution < -0.4 is 0 Å². The van der Waals surface area contributed by atoms with Gasteiger partial charge in [0.05, 0.1) is 10.9 Å². The van der Waals surface area contributed by atoms with Gasteiger partial charge in [0.15, 0.2) is 0 Å². The van der Waals surface area contributed by atoms with E-state index in [1.807, 2.05) is 6.92 Å². The summed E-state index contributed by atoms with van der Waals surface area (Å²) in [7, 11) is 0.692. The van der Waals surface area contributed by atoms with Crippen molar-refractivity contribution in [2.24, 2.45) is 0 Å². The smallest absolute Gasteiger partial charge is 0.409 e. The number of hydrogen-bond acceptors (Lipinski definition) is 6. The molecule has 202 valence electrons. The summed E-state index contributed by atoms with van der Waals surface area (Å²) < 4.78 is 34.1. The number of benzene rings is 1. The topological polar surface area (TPSA) is 73.4 Å². The minimum atomic E-state index is -3.72. The van der Waals surface area contributed by atoms with E-state index < -0.39 is 10.0 Å². The molecule has 2 atom stereocenters. The largest absolute Gasteiger partial charge is 0.448 e. The molecule has 3 aliphatic heterocycles. The van der Waals surface area contributed by atoms with Crippen LogP contribution >= 0.6 is 11.6 Å². The molecule has 3 heterocycles. The lowest BCUT2D eigenvalue weighted by atomic mass is 9.97. The highest BCUT2D eigenvalue weighted by Gasteiger charge is 2.39. The Morgan fingerprint density at radius 2 is 1.58 bits per heavy atom. The Kier molecular flexibility index (Phi) is 9.20. The van der Waals surface area contributed by atoms with Gasteiger partial charge in [0.25, 0.3) is 0 Å². The van der Waals surface area contributed by atoms with Crippen molar-refractivity contribution in [3.63, 3.8) is 0 Å². The van der Waals surface area contributed by atoms with Gasteiger partial charge in [-0.05, 0) is 96.9 Å². The Hall–Kier alpha value is -1.39. The zero-order chi connectivity index (χ0) is 25.9. The molecule has 3 fully saturated rings. The second-order valence-corrected chi connectivity index (χ2v) is 13.0. The third-order valence-corrected chi connectivity index (χ3v) is 10.6. The van der Waals surface area contributed by atoms with Crippen LogP contribution in [0.4, 0.5) is 4.79 Å². The molecule has 0 spiro atoms. The number of carbonyl (C=O) groups excluding carboxylic acids is 1. The molecule has 8 nitrogen and oxygen atoms in total. The predicted octanol–water partition coefficient (Wildman–Crippen LogP) is 3.90. The van der Waals surface area contributed by atoms with Gasteiger partial charge in [-0.2, -0.15) is 4.31 Å². The SMILES string of the molecule is C[C@@H]1CCC[C@H](COC(=O)N2CCC(N(C)C3CCN(C)CC3)CC2)N1S(=O)(=O)c1ccc(Cl)cc1. The molecule has 0 radical (unpaired) electrons. The highest BCUT2D eigenvalue weighted by atomic mass is 35.5. The van der Waals surface area contributed by atoms with E-state index in [0.29, 0.717) is 36.6 Å². The Morgan fingerprint density at radius 1 is 1.00 bits per heavy atom. The van der Waals surface area contributed by atoms with E-state index in [9.17, 15) is 13.2 Å².